The van der Waals surface area contributed by atoms with Gasteiger partial charge in [-0.15, -0.1) is 0 Å². The van der Waals surface area contributed by atoms with Gasteiger partial charge in [-0.05, 0) is 25.7 Å². The molecule has 5 heteroatoms. The third-order valence-corrected chi connectivity index (χ3v) is 3.65. The van der Waals surface area contributed by atoms with Gasteiger partial charge in [0.1, 0.15) is 0 Å². The minimum Gasteiger partial charge on any atom is -0.371 e. The maximum Gasteiger partial charge on any atom is 0.211 e. The van der Waals surface area contributed by atoms with Crippen LogP contribution >= 0.6 is 0 Å². The standard InChI is InChI=1S/C7H13NO3S/c8-12(9,10)5-7-3-1-6(11-7)2-4-7/h6H,1-5H2,(H2,8,9,10). The second kappa shape index (κ2) is 2.43. The zero-order chi connectivity index (χ0) is 8.82. The molecule has 0 unspecified atom stereocenters. The molecular weight excluding hydrogens is 178 g/mol. The normalized spacial score (nSPS) is 40.6. The largest absolute Gasteiger partial charge is 0.371 e. The van der Waals surface area contributed by atoms with Crippen molar-refractivity contribution in [2.24, 2.45) is 5.14 Å². The maximum absolute atomic E-state index is 10.9. The van der Waals surface area contributed by atoms with Gasteiger partial charge >= 0.3 is 0 Å². The SMILES string of the molecule is NS(=O)(=O)CC12CCC(CC1)O2. The Balaban J connectivity index is 2.13. The van der Waals surface area contributed by atoms with E-state index in [4.69, 9.17) is 9.88 Å². The van der Waals surface area contributed by atoms with Crippen molar-refractivity contribution in [2.75, 3.05) is 5.75 Å². The molecule has 0 amide bonds. The summed E-state index contributed by atoms with van der Waals surface area (Å²) < 4.78 is 27.3. The fraction of sp³-hybridized carbons (Fsp3) is 1.00. The molecule has 12 heavy (non-hydrogen) atoms. The van der Waals surface area contributed by atoms with Crippen LogP contribution in [-0.4, -0.2) is 25.9 Å². The van der Waals surface area contributed by atoms with Gasteiger partial charge in [-0.2, -0.15) is 0 Å². The number of hydrogen-bond donors (Lipinski definition) is 1. The van der Waals surface area contributed by atoms with Crippen LogP contribution in [0.25, 0.3) is 0 Å². The highest BCUT2D eigenvalue weighted by atomic mass is 32.2. The summed E-state index contributed by atoms with van der Waals surface area (Å²) in [7, 11) is -3.38. The van der Waals surface area contributed by atoms with Gasteiger partial charge in [0.2, 0.25) is 10.0 Å². The van der Waals surface area contributed by atoms with Gasteiger partial charge in [-0.25, -0.2) is 13.6 Å². The molecule has 2 bridgehead atoms. The predicted molar refractivity (Wildman–Crippen MR) is 44.0 cm³/mol. The summed E-state index contributed by atoms with van der Waals surface area (Å²) in [5.41, 5.74) is -0.418. The molecule has 2 aliphatic rings. The summed E-state index contributed by atoms with van der Waals surface area (Å²) in [5, 5.41) is 4.99. The fourth-order valence-corrected chi connectivity index (χ4v) is 3.34. The number of rotatable bonds is 2. The van der Waals surface area contributed by atoms with Gasteiger partial charge in [0.25, 0.3) is 0 Å². The second-order valence-electron chi connectivity index (χ2n) is 3.81. The Morgan fingerprint density at radius 3 is 2.33 bits per heavy atom. The third kappa shape index (κ3) is 1.48. The number of sulfonamides is 1. The van der Waals surface area contributed by atoms with E-state index in [9.17, 15) is 8.42 Å². The second-order valence-corrected chi connectivity index (χ2v) is 5.42. The van der Waals surface area contributed by atoms with E-state index in [1.54, 1.807) is 0 Å². The maximum atomic E-state index is 10.9. The van der Waals surface area contributed by atoms with Crippen molar-refractivity contribution in [1.82, 2.24) is 0 Å². The van der Waals surface area contributed by atoms with E-state index in [-0.39, 0.29) is 5.75 Å². The Hall–Kier alpha value is -0.130. The Morgan fingerprint density at radius 1 is 1.42 bits per heavy atom. The molecular formula is C7H13NO3S. The van der Waals surface area contributed by atoms with Crippen LogP contribution in [0.5, 0.6) is 0 Å². The van der Waals surface area contributed by atoms with E-state index < -0.39 is 15.6 Å². The first-order valence-corrected chi connectivity index (χ1v) is 5.89. The van der Waals surface area contributed by atoms with Gasteiger partial charge in [0.05, 0.1) is 17.5 Å². The molecule has 2 aliphatic heterocycles. The Bertz CT molecular complexity index is 277. The number of fused-ring (bicyclic) bond motifs is 2. The first-order valence-electron chi connectivity index (χ1n) is 4.17. The van der Waals surface area contributed by atoms with E-state index in [0.717, 1.165) is 25.7 Å². The summed E-state index contributed by atoms with van der Waals surface area (Å²) in [4.78, 5) is 0. The number of nitrogens with two attached hydrogens (primary N) is 1. The highest BCUT2D eigenvalue weighted by Gasteiger charge is 2.47. The van der Waals surface area contributed by atoms with Gasteiger partial charge in [0, 0.05) is 0 Å². The third-order valence-electron chi connectivity index (χ3n) is 2.72. The van der Waals surface area contributed by atoms with Crippen molar-refractivity contribution in [3.63, 3.8) is 0 Å². The van der Waals surface area contributed by atoms with Crippen molar-refractivity contribution in [3.05, 3.63) is 0 Å². The molecule has 2 heterocycles. The summed E-state index contributed by atoms with van der Waals surface area (Å²) >= 11 is 0. The molecule has 0 atom stereocenters. The zero-order valence-electron chi connectivity index (χ0n) is 6.82. The first-order chi connectivity index (χ1) is 5.49. The summed E-state index contributed by atoms with van der Waals surface area (Å²) in [5.74, 6) is -0.00347. The predicted octanol–water partition coefficient (Wildman–Crippen LogP) is -0.0135. The molecule has 2 fully saturated rings. The van der Waals surface area contributed by atoms with Crippen LogP contribution in [0.2, 0.25) is 0 Å². The lowest BCUT2D eigenvalue weighted by atomic mass is 9.90. The molecule has 70 valence electrons. The van der Waals surface area contributed by atoms with Gasteiger partial charge < -0.3 is 4.74 Å². The van der Waals surface area contributed by atoms with Crippen LogP contribution in [-0.2, 0) is 14.8 Å². The molecule has 2 N–H and O–H groups in total. The lowest BCUT2D eigenvalue weighted by Gasteiger charge is -2.22. The number of hydrogen-bond acceptors (Lipinski definition) is 3. The van der Waals surface area contributed by atoms with Crippen molar-refractivity contribution in [2.45, 2.75) is 37.4 Å². The highest BCUT2D eigenvalue weighted by Crippen LogP contribution is 2.43. The van der Waals surface area contributed by atoms with Crippen LogP contribution < -0.4 is 5.14 Å². The average Bonchev–Trinajstić information content (AvgIpc) is 2.40. The number of primary sulfonamides is 1. The molecule has 4 nitrogen and oxygen atoms in total. The lowest BCUT2D eigenvalue weighted by Crippen LogP contribution is -2.37. The smallest absolute Gasteiger partial charge is 0.211 e. The van der Waals surface area contributed by atoms with Crippen molar-refractivity contribution >= 4 is 10.0 Å². The average molecular weight is 191 g/mol. The molecule has 2 saturated heterocycles. The van der Waals surface area contributed by atoms with Gasteiger partial charge in [-0.1, -0.05) is 0 Å². The van der Waals surface area contributed by atoms with Crippen LogP contribution in [0.4, 0.5) is 0 Å². The molecule has 0 aliphatic carbocycles. The van der Waals surface area contributed by atoms with Gasteiger partial charge in [-0.3, -0.25) is 0 Å². The molecule has 2 rings (SSSR count). The van der Waals surface area contributed by atoms with E-state index in [1.165, 1.54) is 0 Å². The van der Waals surface area contributed by atoms with Crippen LogP contribution in [0, 0.1) is 0 Å². The number of ether oxygens (including phenoxy) is 1. The summed E-state index contributed by atoms with van der Waals surface area (Å²) in [6.07, 6.45) is 4.00. The molecule has 0 radical (unpaired) electrons. The molecule has 0 saturated carbocycles. The Kier molecular flexibility index (Phi) is 1.72. The molecule has 0 aromatic rings. The van der Waals surface area contributed by atoms with Crippen LogP contribution in [0.1, 0.15) is 25.7 Å². The van der Waals surface area contributed by atoms with E-state index in [0.29, 0.717) is 6.10 Å². The van der Waals surface area contributed by atoms with E-state index in [2.05, 4.69) is 0 Å². The fourth-order valence-electron chi connectivity index (χ4n) is 2.25. The summed E-state index contributed by atoms with van der Waals surface area (Å²) in [6, 6.07) is 0. The minimum atomic E-state index is -3.38. The Labute approximate surface area is 72.1 Å². The van der Waals surface area contributed by atoms with Crippen molar-refractivity contribution in [1.29, 1.82) is 0 Å². The topological polar surface area (TPSA) is 69.4 Å². The minimum absolute atomic E-state index is 0.00347. The van der Waals surface area contributed by atoms with Gasteiger partial charge in [0.15, 0.2) is 0 Å². The van der Waals surface area contributed by atoms with Crippen LogP contribution in [0.3, 0.4) is 0 Å². The monoisotopic (exact) mass is 191 g/mol. The molecule has 0 aromatic carbocycles. The first kappa shape index (κ1) is 8.47. The zero-order valence-corrected chi connectivity index (χ0v) is 7.64. The molecule has 0 aromatic heterocycles. The summed E-state index contributed by atoms with van der Waals surface area (Å²) in [6.45, 7) is 0. The molecule has 0 spiro atoms. The van der Waals surface area contributed by atoms with Crippen molar-refractivity contribution in [3.8, 4) is 0 Å². The Morgan fingerprint density at radius 2 is 2.00 bits per heavy atom. The lowest BCUT2D eigenvalue weighted by molar-refractivity contribution is 0.0309. The van der Waals surface area contributed by atoms with E-state index in [1.807, 2.05) is 0 Å². The van der Waals surface area contributed by atoms with Crippen molar-refractivity contribution < 1.29 is 13.2 Å². The van der Waals surface area contributed by atoms with Crippen LogP contribution in [0.15, 0.2) is 0 Å². The highest BCUT2D eigenvalue weighted by molar-refractivity contribution is 7.89. The quantitative estimate of drug-likeness (QED) is 0.667. The van der Waals surface area contributed by atoms with E-state index >= 15 is 0 Å².